The molecule has 0 aliphatic rings. The molecule has 0 heterocycles. The third-order valence-corrected chi connectivity index (χ3v) is 2.76. The first kappa shape index (κ1) is 14.9. The maximum atomic E-state index is 13.9. The summed E-state index contributed by atoms with van der Waals surface area (Å²) < 4.78 is 19.0. The fourth-order valence-electron chi connectivity index (χ4n) is 1.89. The molecule has 0 bridgehead atoms. The Bertz CT molecular complexity index is 391. The SMILES string of the molecule is COc1cccc(F)c1C(C)(O)CNCC(C)C. The van der Waals surface area contributed by atoms with E-state index in [1.54, 1.807) is 19.1 Å². The highest BCUT2D eigenvalue weighted by Crippen LogP contribution is 2.31. The number of benzene rings is 1. The van der Waals surface area contributed by atoms with E-state index in [1.165, 1.54) is 13.2 Å². The molecule has 0 fully saturated rings. The molecular weight excluding hydrogens is 233 g/mol. The quantitative estimate of drug-likeness (QED) is 0.819. The third kappa shape index (κ3) is 3.68. The van der Waals surface area contributed by atoms with E-state index in [0.717, 1.165) is 6.54 Å². The molecule has 0 amide bonds. The molecule has 0 aliphatic carbocycles. The molecule has 2 N–H and O–H groups in total. The lowest BCUT2D eigenvalue weighted by atomic mass is 9.94. The van der Waals surface area contributed by atoms with Gasteiger partial charge in [-0.1, -0.05) is 19.9 Å². The zero-order valence-electron chi connectivity index (χ0n) is 11.5. The Morgan fingerprint density at radius 2 is 2.11 bits per heavy atom. The molecule has 0 aliphatic heterocycles. The van der Waals surface area contributed by atoms with Gasteiger partial charge in [0.1, 0.15) is 17.2 Å². The maximum Gasteiger partial charge on any atom is 0.133 e. The van der Waals surface area contributed by atoms with Gasteiger partial charge in [0.05, 0.1) is 12.7 Å². The number of hydrogen-bond acceptors (Lipinski definition) is 3. The van der Waals surface area contributed by atoms with Gasteiger partial charge in [-0.2, -0.15) is 0 Å². The molecule has 0 radical (unpaired) electrons. The molecule has 1 atom stereocenters. The van der Waals surface area contributed by atoms with Gasteiger partial charge < -0.3 is 15.2 Å². The van der Waals surface area contributed by atoms with Gasteiger partial charge in [0.2, 0.25) is 0 Å². The largest absolute Gasteiger partial charge is 0.496 e. The maximum absolute atomic E-state index is 13.9. The van der Waals surface area contributed by atoms with E-state index in [4.69, 9.17) is 4.74 Å². The summed E-state index contributed by atoms with van der Waals surface area (Å²) in [5.41, 5.74) is -1.10. The van der Waals surface area contributed by atoms with Gasteiger partial charge in [-0.05, 0) is 31.5 Å². The van der Waals surface area contributed by atoms with Crippen LogP contribution in [0.15, 0.2) is 18.2 Å². The van der Waals surface area contributed by atoms with Crippen molar-refractivity contribution >= 4 is 0 Å². The second kappa shape index (κ2) is 6.16. The smallest absolute Gasteiger partial charge is 0.133 e. The van der Waals surface area contributed by atoms with Crippen LogP contribution in [0, 0.1) is 11.7 Å². The average molecular weight is 255 g/mol. The predicted octanol–water partition coefficient (Wildman–Crippen LogP) is 2.29. The van der Waals surface area contributed by atoms with Crippen LogP contribution in [0.4, 0.5) is 4.39 Å². The molecule has 18 heavy (non-hydrogen) atoms. The van der Waals surface area contributed by atoms with Crippen molar-refractivity contribution in [3.63, 3.8) is 0 Å². The zero-order chi connectivity index (χ0) is 13.8. The van der Waals surface area contributed by atoms with Gasteiger partial charge in [0.25, 0.3) is 0 Å². The molecule has 0 spiro atoms. The lowest BCUT2D eigenvalue weighted by molar-refractivity contribution is 0.0500. The Morgan fingerprint density at radius 1 is 1.44 bits per heavy atom. The lowest BCUT2D eigenvalue weighted by Gasteiger charge is -2.27. The minimum atomic E-state index is -1.30. The van der Waals surface area contributed by atoms with Crippen LogP contribution in [0.2, 0.25) is 0 Å². The van der Waals surface area contributed by atoms with Gasteiger partial charge in [-0.3, -0.25) is 0 Å². The second-order valence-corrected chi connectivity index (χ2v) is 5.12. The Kier molecular flexibility index (Phi) is 5.11. The van der Waals surface area contributed by atoms with Crippen LogP contribution < -0.4 is 10.1 Å². The summed E-state index contributed by atoms with van der Waals surface area (Å²) in [5, 5.41) is 13.5. The minimum Gasteiger partial charge on any atom is -0.496 e. The van der Waals surface area contributed by atoms with E-state index in [-0.39, 0.29) is 12.1 Å². The van der Waals surface area contributed by atoms with Gasteiger partial charge in [0, 0.05) is 6.54 Å². The monoisotopic (exact) mass is 255 g/mol. The van der Waals surface area contributed by atoms with Gasteiger partial charge in [-0.25, -0.2) is 4.39 Å². The number of hydrogen-bond donors (Lipinski definition) is 2. The summed E-state index contributed by atoms with van der Waals surface area (Å²) in [6.07, 6.45) is 0. The number of rotatable bonds is 6. The predicted molar refractivity (Wildman–Crippen MR) is 70.2 cm³/mol. The van der Waals surface area contributed by atoms with Crippen LogP contribution in [0.25, 0.3) is 0 Å². The van der Waals surface area contributed by atoms with E-state index >= 15 is 0 Å². The molecule has 0 saturated heterocycles. The molecule has 102 valence electrons. The molecule has 3 nitrogen and oxygen atoms in total. The van der Waals surface area contributed by atoms with Crippen LogP contribution in [0.1, 0.15) is 26.3 Å². The van der Waals surface area contributed by atoms with Crippen LogP contribution in [-0.4, -0.2) is 25.3 Å². The molecule has 1 aromatic rings. The van der Waals surface area contributed by atoms with Crippen molar-refractivity contribution in [2.75, 3.05) is 20.2 Å². The molecule has 0 aromatic heterocycles. The van der Waals surface area contributed by atoms with Crippen LogP contribution in [-0.2, 0) is 5.60 Å². The first-order valence-electron chi connectivity index (χ1n) is 6.14. The van der Waals surface area contributed by atoms with Gasteiger partial charge >= 0.3 is 0 Å². The van der Waals surface area contributed by atoms with Gasteiger partial charge in [-0.15, -0.1) is 0 Å². The van der Waals surface area contributed by atoms with Crippen LogP contribution in [0.3, 0.4) is 0 Å². The second-order valence-electron chi connectivity index (χ2n) is 5.12. The number of methoxy groups -OCH3 is 1. The zero-order valence-corrected chi connectivity index (χ0v) is 11.5. The molecule has 1 unspecified atom stereocenters. The third-order valence-electron chi connectivity index (χ3n) is 2.76. The van der Waals surface area contributed by atoms with E-state index < -0.39 is 11.4 Å². The van der Waals surface area contributed by atoms with Crippen molar-refractivity contribution in [3.05, 3.63) is 29.6 Å². The van der Waals surface area contributed by atoms with Crippen molar-refractivity contribution in [1.82, 2.24) is 5.32 Å². The topological polar surface area (TPSA) is 41.5 Å². The van der Waals surface area contributed by atoms with E-state index in [9.17, 15) is 9.50 Å². The average Bonchev–Trinajstić information content (AvgIpc) is 2.27. The van der Waals surface area contributed by atoms with Gasteiger partial charge in [0.15, 0.2) is 0 Å². The summed E-state index contributed by atoms with van der Waals surface area (Å²) in [6.45, 7) is 6.79. The van der Waals surface area contributed by atoms with Crippen molar-refractivity contribution in [1.29, 1.82) is 0 Å². The highest BCUT2D eigenvalue weighted by atomic mass is 19.1. The molecular formula is C14H22FNO2. The van der Waals surface area contributed by atoms with E-state index in [2.05, 4.69) is 19.2 Å². The normalized spacial score (nSPS) is 14.6. The summed E-state index contributed by atoms with van der Waals surface area (Å²) in [5.74, 6) is 0.389. The Hall–Kier alpha value is -1.13. The van der Waals surface area contributed by atoms with Crippen molar-refractivity contribution in [2.24, 2.45) is 5.92 Å². The highest BCUT2D eigenvalue weighted by molar-refractivity contribution is 5.39. The molecule has 4 heteroatoms. The fraction of sp³-hybridized carbons (Fsp3) is 0.571. The molecule has 1 aromatic carbocycles. The molecule has 0 saturated carbocycles. The number of nitrogens with one attached hydrogen (secondary N) is 1. The summed E-state index contributed by atoms with van der Waals surface area (Å²) in [6, 6.07) is 4.54. The Balaban J connectivity index is 2.89. The first-order valence-corrected chi connectivity index (χ1v) is 6.14. The Morgan fingerprint density at radius 3 is 2.67 bits per heavy atom. The van der Waals surface area contributed by atoms with Crippen molar-refractivity contribution in [2.45, 2.75) is 26.4 Å². The van der Waals surface area contributed by atoms with Crippen molar-refractivity contribution < 1.29 is 14.2 Å². The fourth-order valence-corrected chi connectivity index (χ4v) is 1.89. The van der Waals surface area contributed by atoms with E-state index in [0.29, 0.717) is 11.7 Å². The standard InChI is InChI=1S/C14H22FNO2/c1-10(2)8-16-9-14(3,17)13-11(15)6-5-7-12(13)18-4/h5-7,10,16-17H,8-9H2,1-4H3. The summed E-state index contributed by atoms with van der Waals surface area (Å²) in [4.78, 5) is 0. The highest BCUT2D eigenvalue weighted by Gasteiger charge is 2.29. The van der Waals surface area contributed by atoms with E-state index in [1.807, 2.05) is 0 Å². The summed E-state index contributed by atoms with van der Waals surface area (Å²) >= 11 is 0. The summed E-state index contributed by atoms with van der Waals surface area (Å²) in [7, 11) is 1.47. The van der Waals surface area contributed by atoms with Crippen LogP contribution >= 0.6 is 0 Å². The van der Waals surface area contributed by atoms with Crippen LogP contribution in [0.5, 0.6) is 5.75 Å². The molecule has 1 rings (SSSR count). The lowest BCUT2D eigenvalue weighted by Crippen LogP contribution is -2.38. The number of halogens is 1. The number of aliphatic hydroxyl groups is 1. The Labute approximate surface area is 108 Å². The number of ether oxygens (including phenoxy) is 1. The first-order chi connectivity index (χ1) is 8.38. The minimum absolute atomic E-state index is 0.198. The van der Waals surface area contributed by atoms with Crippen molar-refractivity contribution in [3.8, 4) is 5.75 Å².